The molecule has 24 heavy (non-hydrogen) atoms. The summed E-state index contributed by atoms with van der Waals surface area (Å²) in [6.07, 6.45) is 0.921. The van der Waals surface area contributed by atoms with Crippen LogP contribution in [0.25, 0.3) is 0 Å². The van der Waals surface area contributed by atoms with Crippen molar-refractivity contribution in [3.05, 3.63) is 60.2 Å². The Bertz CT molecular complexity index is 772. The van der Waals surface area contributed by atoms with Crippen molar-refractivity contribution in [3.8, 4) is 11.5 Å². The Morgan fingerprint density at radius 1 is 1.00 bits per heavy atom. The lowest BCUT2D eigenvalue weighted by atomic mass is 10.1. The summed E-state index contributed by atoms with van der Waals surface area (Å²) in [7, 11) is 0. The number of amides is 1. The molecule has 1 N–H and O–H groups in total. The minimum Gasteiger partial charge on any atom is -0.480 e. The zero-order valence-electron chi connectivity index (χ0n) is 13.0. The number of rotatable bonds is 4. The number of benzene rings is 2. The average Bonchev–Trinajstić information content (AvgIpc) is 3.25. The molecule has 1 aliphatic carbocycles. The molecule has 2 fully saturated rings. The topological polar surface area (TPSA) is 66.8 Å². The van der Waals surface area contributed by atoms with Gasteiger partial charge in [-0.3, -0.25) is 4.79 Å². The van der Waals surface area contributed by atoms with E-state index in [-0.39, 0.29) is 11.8 Å². The molecule has 5 heteroatoms. The predicted octanol–water partition coefficient (Wildman–Crippen LogP) is 3.02. The number of carboxylic acid groups (broad SMARTS) is 1. The van der Waals surface area contributed by atoms with Crippen LogP contribution in [0.1, 0.15) is 16.8 Å². The maximum Gasteiger partial charge on any atom is 0.326 e. The third kappa shape index (κ3) is 2.62. The molecule has 1 aliphatic heterocycles. The average molecular weight is 323 g/mol. The summed E-state index contributed by atoms with van der Waals surface area (Å²) < 4.78 is 5.70. The lowest BCUT2D eigenvalue weighted by molar-refractivity contribution is -0.142. The van der Waals surface area contributed by atoms with Gasteiger partial charge in [0.25, 0.3) is 5.91 Å². The second kappa shape index (κ2) is 5.67. The van der Waals surface area contributed by atoms with Crippen LogP contribution in [-0.2, 0) is 4.79 Å². The number of carbonyl (C=O) groups is 2. The van der Waals surface area contributed by atoms with Crippen LogP contribution in [0.15, 0.2) is 54.6 Å². The molecule has 2 aromatic carbocycles. The van der Waals surface area contributed by atoms with Crippen LogP contribution in [0.5, 0.6) is 11.5 Å². The van der Waals surface area contributed by atoms with E-state index in [0.717, 1.165) is 12.2 Å². The van der Waals surface area contributed by atoms with E-state index in [2.05, 4.69) is 0 Å². The van der Waals surface area contributed by atoms with Crippen molar-refractivity contribution in [1.29, 1.82) is 0 Å². The fourth-order valence-electron chi connectivity index (χ4n) is 3.45. The van der Waals surface area contributed by atoms with Gasteiger partial charge in [0.2, 0.25) is 0 Å². The number of carboxylic acids is 1. The van der Waals surface area contributed by atoms with Gasteiger partial charge in [-0.1, -0.05) is 18.2 Å². The lowest BCUT2D eigenvalue weighted by Gasteiger charge is -2.24. The Balaban J connectivity index is 1.48. The van der Waals surface area contributed by atoms with Crippen molar-refractivity contribution in [2.45, 2.75) is 12.5 Å². The van der Waals surface area contributed by atoms with E-state index in [1.165, 1.54) is 4.90 Å². The second-order valence-corrected chi connectivity index (χ2v) is 6.34. The van der Waals surface area contributed by atoms with E-state index in [1.54, 1.807) is 24.3 Å². The lowest BCUT2D eigenvalue weighted by Crippen LogP contribution is -2.43. The number of hydrogen-bond donors (Lipinski definition) is 1. The maximum absolute atomic E-state index is 12.6. The molecule has 5 nitrogen and oxygen atoms in total. The Morgan fingerprint density at radius 3 is 2.33 bits per heavy atom. The molecule has 0 aromatic heterocycles. The summed E-state index contributed by atoms with van der Waals surface area (Å²) >= 11 is 0. The first-order valence-corrected chi connectivity index (χ1v) is 8.00. The SMILES string of the molecule is O=C(O)[C@@H]1[C@H]2C[C@H]2CN1C(=O)c1ccc(Oc2ccccc2)cc1. The number of piperidine rings is 1. The number of ether oxygens (including phenoxy) is 1. The van der Waals surface area contributed by atoms with Gasteiger partial charge in [0.15, 0.2) is 0 Å². The number of fused-ring (bicyclic) bond motifs is 1. The normalized spacial score (nSPS) is 24.3. The Morgan fingerprint density at radius 2 is 1.67 bits per heavy atom. The summed E-state index contributed by atoms with van der Waals surface area (Å²) in [5.74, 6) is 0.722. The Kier molecular flexibility index (Phi) is 3.49. The smallest absolute Gasteiger partial charge is 0.326 e. The van der Waals surface area contributed by atoms with Crippen molar-refractivity contribution in [2.24, 2.45) is 11.8 Å². The van der Waals surface area contributed by atoms with Gasteiger partial charge in [-0.15, -0.1) is 0 Å². The number of para-hydroxylation sites is 1. The zero-order chi connectivity index (χ0) is 16.7. The van der Waals surface area contributed by atoms with Crippen LogP contribution in [0.3, 0.4) is 0 Å². The Hall–Kier alpha value is -2.82. The first-order chi connectivity index (χ1) is 11.6. The van der Waals surface area contributed by atoms with Crippen molar-refractivity contribution in [1.82, 2.24) is 4.90 Å². The van der Waals surface area contributed by atoms with E-state index in [4.69, 9.17) is 4.74 Å². The second-order valence-electron chi connectivity index (χ2n) is 6.34. The molecular weight excluding hydrogens is 306 g/mol. The highest BCUT2D eigenvalue weighted by Crippen LogP contribution is 2.49. The first kappa shape index (κ1) is 14.8. The first-order valence-electron chi connectivity index (χ1n) is 8.00. The molecule has 0 bridgehead atoms. The van der Waals surface area contributed by atoms with Gasteiger partial charge in [-0.05, 0) is 54.7 Å². The largest absolute Gasteiger partial charge is 0.480 e. The third-order valence-electron chi connectivity index (χ3n) is 4.74. The zero-order valence-corrected chi connectivity index (χ0v) is 13.0. The Labute approximate surface area is 139 Å². The molecule has 4 rings (SSSR count). The van der Waals surface area contributed by atoms with Gasteiger partial charge >= 0.3 is 5.97 Å². The van der Waals surface area contributed by atoms with Gasteiger partial charge < -0.3 is 14.7 Å². The number of carbonyl (C=O) groups excluding carboxylic acids is 1. The molecule has 1 saturated carbocycles. The quantitative estimate of drug-likeness (QED) is 0.939. The van der Waals surface area contributed by atoms with Crippen LogP contribution >= 0.6 is 0 Å². The standard InChI is InChI=1S/C19H17NO4/c21-18(20-11-13-10-16(13)17(20)19(22)23)12-6-8-15(9-7-12)24-14-4-2-1-3-5-14/h1-9,13,16-17H,10-11H2,(H,22,23)/t13-,16-,17-/m0/s1. The predicted molar refractivity (Wildman–Crippen MR) is 87.0 cm³/mol. The fraction of sp³-hybridized carbons (Fsp3) is 0.263. The van der Waals surface area contributed by atoms with Crippen LogP contribution in [0.2, 0.25) is 0 Å². The summed E-state index contributed by atoms with van der Waals surface area (Å²) in [4.78, 5) is 25.5. The van der Waals surface area contributed by atoms with Crippen molar-refractivity contribution < 1.29 is 19.4 Å². The monoisotopic (exact) mass is 323 g/mol. The van der Waals surface area contributed by atoms with Crippen molar-refractivity contribution >= 4 is 11.9 Å². The number of nitrogens with zero attached hydrogens (tertiary/aromatic N) is 1. The molecular formula is C19H17NO4. The molecule has 0 unspecified atom stereocenters. The van der Waals surface area contributed by atoms with E-state index < -0.39 is 12.0 Å². The molecule has 1 saturated heterocycles. The van der Waals surface area contributed by atoms with E-state index >= 15 is 0 Å². The van der Waals surface area contributed by atoms with E-state index in [1.807, 2.05) is 30.3 Å². The molecule has 1 heterocycles. The third-order valence-corrected chi connectivity index (χ3v) is 4.74. The minimum absolute atomic E-state index is 0.132. The molecule has 1 amide bonds. The summed E-state index contributed by atoms with van der Waals surface area (Å²) in [6.45, 7) is 0.544. The van der Waals surface area contributed by atoms with Gasteiger partial charge in [-0.25, -0.2) is 4.79 Å². The van der Waals surface area contributed by atoms with Crippen molar-refractivity contribution in [3.63, 3.8) is 0 Å². The number of hydrogen-bond acceptors (Lipinski definition) is 3. The molecule has 3 atom stereocenters. The molecule has 0 radical (unpaired) electrons. The van der Waals surface area contributed by atoms with Crippen LogP contribution in [-0.4, -0.2) is 34.5 Å². The van der Waals surface area contributed by atoms with Crippen LogP contribution in [0, 0.1) is 11.8 Å². The van der Waals surface area contributed by atoms with E-state index in [0.29, 0.717) is 23.8 Å². The highest BCUT2D eigenvalue weighted by Gasteiger charge is 2.57. The molecule has 0 spiro atoms. The number of aliphatic carboxylic acids is 1. The molecule has 2 aromatic rings. The van der Waals surface area contributed by atoms with Gasteiger partial charge in [-0.2, -0.15) is 0 Å². The van der Waals surface area contributed by atoms with Gasteiger partial charge in [0.05, 0.1) is 0 Å². The minimum atomic E-state index is -0.905. The van der Waals surface area contributed by atoms with Gasteiger partial charge in [0, 0.05) is 12.1 Å². The fourth-order valence-corrected chi connectivity index (χ4v) is 3.45. The van der Waals surface area contributed by atoms with Crippen molar-refractivity contribution in [2.75, 3.05) is 6.54 Å². The molecule has 122 valence electrons. The highest BCUT2D eigenvalue weighted by molar-refractivity contribution is 5.97. The summed E-state index contributed by atoms with van der Waals surface area (Å²) in [6, 6.07) is 15.5. The van der Waals surface area contributed by atoms with Gasteiger partial charge in [0.1, 0.15) is 17.5 Å². The molecule has 2 aliphatic rings. The van der Waals surface area contributed by atoms with Crippen LogP contribution in [0.4, 0.5) is 0 Å². The van der Waals surface area contributed by atoms with E-state index in [9.17, 15) is 14.7 Å². The van der Waals surface area contributed by atoms with Crippen LogP contribution < -0.4 is 4.74 Å². The number of likely N-dealkylation sites (tertiary alicyclic amines) is 1. The summed E-state index contributed by atoms with van der Waals surface area (Å²) in [5.41, 5.74) is 0.489. The maximum atomic E-state index is 12.6. The summed E-state index contributed by atoms with van der Waals surface area (Å²) in [5, 5.41) is 9.37. The highest BCUT2D eigenvalue weighted by atomic mass is 16.5.